The van der Waals surface area contributed by atoms with Crippen LogP contribution in [0.25, 0.3) is 0 Å². The summed E-state index contributed by atoms with van der Waals surface area (Å²) in [7, 11) is 0. The van der Waals surface area contributed by atoms with Crippen molar-refractivity contribution in [2.45, 2.75) is 13.3 Å². The molecular weight excluding hydrogens is 238 g/mol. The summed E-state index contributed by atoms with van der Waals surface area (Å²) in [4.78, 5) is 23.6. The Labute approximate surface area is 112 Å². The molecule has 0 unspecified atom stereocenters. The fraction of sp³-hybridized carbons (Fsp3) is 0.125. The van der Waals surface area contributed by atoms with E-state index in [1.165, 1.54) is 0 Å². The van der Waals surface area contributed by atoms with Crippen LogP contribution in [0.2, 0.25) is 0 Å². The average Bonchev–Trinajstić information content (AvgIpc) is 2.40. The van der Waals surface area contributed by atoms with Gasteiger partial charge in [-0.3, -0.25) is 9.59 Å². The molecule has 0 fully saturated rings. The van der Waals surface area contributed by atoms with Gasteiger partial charge in [-0.25, -0.2) is 0 Å². The monoisotopic (exact) mass is 253 g/mol. The molecule has 1 N–H and O–H groups in total. The molecule has 0 aromatic heterocycles. The van der Waals surface area contributed by atoms with Gasteiger partial charge in [0.25, 0.3) is 5.91 Å². The lowest BCUT2D eigenvalue weighted by atomic mass is 10.1. The van der Waals surface area contributed by atoms with Crippen molar-refractivity contribution in [3.05, 3.63) is 65.7 Å². The smallest absolute Gasteiger partial charge is 0.292 e. The van der Waals surface area contributed by atoms with Crippen LogP contribution >= 0.6 is 0 Å². The number of benzene rings is 2. The van der Waals surface area contributed by atoms with Gasteiger partial charge in [-0.2, -0.15) is 0 Å². The Morgan fingerprint density at radius 2 is 1.74 bits per heavy atom. The van der Waals surface area contributed by atoms with Gasteiger partial charge in [0.05, 0.1) is 0 Å². The second-order valence-electron chi connectivity index (χ2n) is 4.41. The van der Waals surface area contributed by atoms with Gasteiger partial charge in [0.15, 0.2) is 0 Å². The van der Waals surface area contributed by atoms with Crippen LogP contribution in [-0.2, 0) is 16.0 Å². The van der Waals surface area contributed by atoms with Gasteiger partial charge in [-0.05, 0) is 30.2 Å². The minimum Gasteiger partial charge on any atom is -0.319 e. The summed E-state index contributed by atoms with van der Waals surface area (Å²) in [5.41, 5.74) is 2.52. The van der Waals surface area contributed by atoms with E-state index in [0.717, 1.165) is 11.1 Å². The van der Waals surface area contributed by atoms with E-state index in [-0.39, 0.29) is 6.42 Å². The molecule has 2 rings (SSSR count). The number of hydrogen-bond acceptors (Lipinski definition) is 2. The van der Waals surface area contributed by atoms with Crippen molar-refractivity contribution >= 4 is 17.4 Å². The van der Waals surface area contributed by atoms with E-state index in [1.807, 2.05) is 55.5 Å². The molecule has 0 bridgehead atoms. The molecule has 2 aromatic rings. The normalized spacial score (nSPS) is 9.95. The molecular formula is C16H15NO2. The zero-order valence-corrected chi connectivity index (χ0v) is 10.7. The van der Waals surface area contributed by atoms with Crippen LogP contribution in [0.1, 0.15) is 11.1 Å². The number of carbonyl (C=O) groups excluding carboxylic acids is 2. The Morgan fingerprint density at radius 3 is 2.42 bits per heavy atom. The number of carbonyl (C=O) groups is 2. The van der Waals surface area contributed by atoms with Crippen LogP contribution in [0, 0.1) is 6.92 Å². The van der Waals surface area contributed by atoms with Crippen molar-refractivity contribution in [3.63, 3.8) is 0 Å². The van der Waals surface area contributed by atoms with Gasteiger partial charge in [0, 0.05) is 12.1 Å². The Morgan fingerprint density at radius 1 is 1.00 bits per heavy atom. The lowest BCUT2D eigenvalue weighted by Gasteiger charge is -2.05. The molecule has 0 radical (unpaired) electrons. The molecule has 3 heteroatoms. The Kier molecular flexibility index (Phi) is 4.08. The molecule has 0 spiro atoms. The topological polar surface area (TPSA) is 46.2 Å². The Hall–Kier alpha value is -2.42. The van der Waals surface area contributed by atoms with Crippen molar-refractivity contribution < 1.29 is 9.59 Å². The minimum absolute atomic E-state index is 0.124. The van der Waals surface area contributed by atoms with E-state index in [9.17, 15) is 9.59 Å². The maximum absolute atomic E-state index is 11.8. The zero-order chi connectivity index (χ0) is 13.7. The third-order valence-corrected chi connectivity index (χ3v) is 2.74. The van der Waals surface area contributed by atoms with E-state index in [4.69, 9.17) is 0 Å². The molecule has 0 aliphatic heterocycles. The first-order valence-corrected chi connectivity index (χ1v) is 6.10. The van der Waals surface area contributed by atoms with Gasteiger partial charge in [-0.15, -0.1) is 0 Å². The summed E-state index contributed by atoms with van der Waals surface area (Å²) in [6, 6.07) is 16.6. The lowest BCUT2D eigenvalue weighted by molar-refractivity contribution is -0.134. The molecule has 0 aliphatic rings. The molecule has 19 heavy (non-hydrogen) atoms. The van der Waals surface area contributed by atoms with E-state index >= 15 is 0 Å². The van der Waals surface area contributed by atoms with Crippen LogP contribution in [-0.4, -0.2) is 11.7 Å². The van der Waals surface area contributed by atoms with Gasteiger partial charge in [-0.1, -0.05) is 42.5 Å². The van der Waals surface area contributed by atoms with Crippen molar-refractivity contribution in [1.29, 1.82) is 0 Å². The van der Waals surface area contributed by atoms with Gasteiger partial charge in [0.2, 0.25) is 5.78 Å². The number of hydrogen-bond donors (Lipinski definition) is 1. The average molecular weight is 253 g/mol. The van der Waals surface area contributed by atoms with Crippen molar-refractivity contribution in [2.24, 2.45) is 0 Å². The van der Waals surface area contributed by atoms with E-state index in [0.29, 0.717) is 5.69 Å². The number of amides is 1. The fourth-order valence-electron chi connectivity index (χ4n) is 1.79. The number of aryl methyl sites for hydroxylation is 1. The summed E-state index contributed by atoms with van der Waals surface area (Å²) in [6.07, 6.45) is 0.124. The summed E-state index contributed by atoms with van der Waals surface area (Å²) in [6.45, 7) is 1.93. The predicted octanol–water partition coefficient (Wildman–Crippen LogP) is 2.75. The van der Waals surface area contributed by atoms with Crippen LogP contribution in [0.3, 0.4) is 0 Å². The third-order valence-electron chi connectivity index (χ3n) is 2.74. The number of nitrogens with one attached hydrogen (secondary N) is 1. The van der Waals surface area contributed by atoms with Gasteiger partial charge < -0.3 is 5.32 Å². The fourth-order valence-corrected chi connectivity index (χ4v) is 1.79. The number of rotatable bonds is 4. The quantitative estimate of drug-likeness (QED) is 0.852. The Balaban J connectivity index is 1.98. The van der Waals surface area contributed by atoms with Crippen molar-refractivity contribution in [1.82, 2.24) is 0 Å². The van der Waals surface area contributed by atoms with Crippen LogP contribution < -0.4 is 5.32 Å². The van der Waals surface area contributed by atoms with Gasteiger partial charge >= 0.3 is 0 Å². The molecule has 2 aromatic carbocycles. The Bertz CT molecular complexity index is 591. The second-order valence-corrected chi connectivity index (χ2v) is 4.41. The molecule has 0 atom stereocenters. The summed E-state index contributed by atoms with van der Waals surface area (Å²) < 4.78 is 0. The van der Waals surface area contributed by atoms with Crippen molar-refractivity contribution in [3.8, 4) is 0 Å². The summed E-state index contributed by atoms with van der Waals surface area (Å²) in [5.74, 6) is -1.01. The van der Waals surface area contributed by atoms with Crippen molar-refractivity contribution in [2.75, 3.05) is 5.32 Å². The molecule has 0 aliphatic carbocycles. The predicted molar refractivity (Wildman–Crippen MR) is 75.0 cm³/mol. The second kappa shape index (κ2) is 5.96. The minimum atomic E-state index is -0.575. The maximum Gasteiger partial charge on any atom is 0.292 e. The number of Topliss-reactive ketones (excluding diaryl/α,β-unsaturated/α-hetero) is 1. The standard InChI is InChI=1S/C16H15NO2/c1-12-6-5-9-14(10-12)17-16(19)15(18)11-13-7-3-2-4-8-13/h2-10H,11H2,1H3,(H,17,19). The lowest BCUT2D eigenvalue weighted by Crippen LogP contribution is -2.24. The molecule has 1 amide bonds. The van der Waals surface area contributed by atoms with Crippen LogP contribution in [0.15, 0.2) is 54.6 Å². The first kappa shape index (κ1) is 13.0. The molecule has 0 heterocycles. The number of ketones is 1. The first-order chi connectivity index (χ1) is 9.15. The molecule has 3 nitrogen and oxygen atoms in total. The van der Waals surface area contributed by atoms with Crippen LogP contribution in [0.4, 0.5) is 5.69 Å². The van der Waals surface area contributed by atoms with E-state index in [1.54, 1.807) is 6.07 Å². The highest BCUT2D eigenvalue weighted by atomic mass is 16.2. The highest BCUT2D eigenvalue weighted by molar-refractivity contribution is 6.41. The van der Waals surface area contributed by atoms with E-state index < -0.39 is 11.7 Å². The van der Waals surface area contributed by atoms with Gasteiger partial charge in [0.1, 0.15) is 0 Å². The highest BCUT2D eigenvalue weighted by Gasteiger charge is 2.14. The van der Waals surface area contributed by atoms with E-state index in [2.05, 4.69) is 5.32 Å². The highest BCUT2D eigenvalue weighted by Crippen LogP contribution is 2.10. The SMILES string of the molecule is Cc1cccc(NC(=O)C(=O)Cc2ccccc2)c1. The first-order valence-electron chi connectivity index (χ1n) is 6.10. The molecule has 96 valence electrons. The third kappa shape index (κ3) is 3.78. The molecule has 0 saturated heterocycles. The largest absolute Gasteiger partial charge is 0.319 e. The number of anilines is 1. The summed E-state index contributed by atoms with van der Waals surface area (Å²) >= 11 is 0. The molecule has 0 saturated carbocycles. The van der Waals surface area contributed by atoms with Crippen LogP contribution in [0.5, 0.6) is 0 Å². The summed E-state index contributed by atoms with van der Waals surface area (Å²) in [5, 5.41) is 2.61. The maximum atomic E-state index is 11.8. The zero-order valence-electron chi connectivity index (χ0n) is 10.7.